The Morgan fingerprint density at radius 2 is 1.92 bits per heavy atom. The van der Waals surface area contributed by atoms with Crippen LogP contribution in [0.2, 0.25) is 0 Å². The zero-order chi connectivity index (χ0) is 25.4. The molecule has 1 aliphatic heterocycles. The van der Waals surface area contributed by atoms with Crippen LogP contribution in [0.25, 0.3) is 22.3 Å². The van der Waals surface area contributed by atoms with Crippen molar-refractivity contribution in [2.24, 2.45) is 0 Å². The van der Waals surface area contributed by atoms with Crippen molar-refractivity contribution in [3.05, 3.63) is 59.7 Å². The Labute approximate surface area is 208 Å². The van der Waals surface area contributed by atoms with Crippen molar-refractivity contribution < 1.29 is 8.78 Å². The normalized spacial score (nSPS) is 16.4. The van der Waals surface area contributed by atoms with Gasteiger partial charge in [-0.2, -0.15) is 0 Å². The molecule has 36 heavy (non-hydrogen) atoms. The molecule has 0 unspecified atom stereocenters. The van der Waals surface area contributed by atoms with Gasteiger partial charge in [0.25, 0.3) is 0 Å². The average Bonchev–Trinajstić information content (AvgIpc) is 3.45. The average molecular weight is 493 g/mol. The number of rotatable bonds is 7. The van der Waals surface area contributed by atoms with Gasteiger partial charge in [0, 0.05) is 43.5 Å². The van der Waals surface area contributed by atoms with Crippen LogP contribution in [0.3, 0.4) is 0 Å². The molecule has 0 amide bonds. The third kappa shape index (κ3) is 4.78. The fourth-order valence-corrected chi connectivity index (χ4v) is 4.86. The van der Waals surface area contributed by atoms with Gasteiger partial charge in [-0.3, -0.25) is 4.90 Å². The molecule has 0 radical (unpaired) electrons. The number of anilines is 2. The number of likely N-dealkylation sites (N-methyl/N-ethyl adjacent to an activating group) is 1. The molecule has 0 aliphatic carbocycles. The highest BCUT2D eigenvalue weighted by atomic mass is 19.1. The van der Waals surface area contributed by atoms with E-state index in [0.29, 0.717) is 28.8 Å². The lowest BCUT2D eigenvalue weighted by Crippen LogP contribution is -2.29. The fraction of sp³-hybridized carbons (Fsp3) is 0.385. The van der Waals surface area contributed by atoms with Gasteiger partial charge < -0.3 is 15.2 Å². The second kappa shape index (κ2) is 9.87. The predicted molar refractivity (Wildman–Crippen MR) is 136 cm³/mol. The summed E-state index contributed by atoms with van der Waals surface area (Å²) in [7, 11) is 2.00. The van der Waals surface area contributed by atoms with Crippen LogP contribution in [0.4, 0.5) is 20.5 Å². The van der Waals surface area contributed by atoms with Crippen LogP contribution in [0.15, 0.2) is 36.7 Å². The molecule has 3 aromatic heterocycles. The number of aromatic nitrogens is 5. The largest absolute Gasteiger partial charge is 0.326 e. The first-order valence-electron chi connectivity index (χ1n) is 12.1. The van der Waals surface area contributed by atoms with Crippen molar-refractivity contribution >= 4 is 22.8 Å². The Hall–Kier alpha value is -3.50. The highest BCUT2D eigenvalue weighted by molar-refractivity contribution is 5.83. The molecule has 8 nitrogen and oxygen atoms in total. The topological polar surface area (TPSA) is 83.8 Å². The summed E-state index contributed by atoms with van der Waals surface area (Å²) in [6, 6.07) is 7.44. The fourth-order valence-electron chi connectivity index (χ4n) is 4.86. The number of fused-ring (bicyclic) bond motifs is 1. The van der Waals surface area contributed by atoms with Gasteiger partial charge in [0.05, 0.1) is 11.7 Å². The Balaban J connectivity index is 1.38. The van der Waals surface area contributed by atoms with Crippen LogP contribution in [-0.2, 0) is 6.54 Å². The molecule has 1 aliphatic rings. The molecule has 5 rings (SSSR count). The Bertz CT molecular complexity index is 1380. The van der Waals surface area contributed by atoms with E-state index in [1.807, 2.05) is 50.7 Å². The molecule has 0 bridgehead atoms. The van der Waals surface area contributed by atoms with E-state index in [9.17, 15) is 8.78 Å². The van der Waals surface area contributed by atoms with Gasteiger partial charge in [-0.15, -0.1) is 0 Å². The van der Waals surface area contributed by atoms with Gasteiger partial charge in [0.1, 0.15) is 22.9 Å². The SMILES string of the molecule is CN[C@@H]1CCN(Cc2ccc(Nc3ncc(F)c(-c4cc(F)c5nc(C)n(C(C)C)c5c4)n3)nc2)C1. The van der Waals surface area contributed by atoms with Crippen LogP contribution in [0.1, 0.15) is 37.7 Å². The van der Waals surface area contributed by atoms with E-state index in [1.165, 1.54) is 6.07 Å². The molecular weight excluding hydrogens is 462 g/mol. The summed E-state index contributed by atoms with van der Waals surface area (Å²) in [5, 5.41) is 6.35. The second-order valence-corrected chi connectivity index (χ2v) is 9.52. The molecule has 0 saturated carbocycles. The number of hydrogen-bond donors (Lipinski definition) is 2. The number of hydrogen-bond acceptors (Lipinski definition) is 7. The minimum Gasteiger partial charge on any atom is -0.326 e. The molecule has 2 N–H and O–H groups in total. The summed E-state index contributed by atoms with van der Waals surface area (Å²) in [5.74, 6) is 0.259. The van der Waals surface area contributed by atoms with Gasteiger partial charge in [0.2, 0.25) is 5.95 Å². The van der Waals surface area contributed by atoms with E-state index in [0.717, 1.165) is 37.8 Å². The minimum absolute atomic E-state index is 0.00667. The van der Waals surface area contributed by atoms with Crippen LogP contribution >= 0.6 is 0 Å². The van der Waals surface area contributed by atoms with Gasteiger partial charge in [-0.05, 0) is 58.0 Å². The van der Waals surface area contributed by atoms with Gasteiger partial charge >= 0.3 is 0 Å². The van der Waals surface area contributed by atoms with Gasteiger partial charge in [-0.25, -0.2) is 28.7 Å². The van der Waals surface area contributed by atoms with Crippen LogP contribution < -0.4 is 10.6 Å². The highest BCUT2D eigenvalue weighted by Crippen LogP contribution is 2.30. The molecule has 1 saturated heterocycles. The number of imidazole rings is 1. The second-order valence-electron chi connectivity index (χ2n) is 9.52. The first-order valence-corrected chi connectivity index (χ1v) is 12.1. The highest BCUT2D eigenvalue weighted by Gasteiger charge is 2.21. The summed E-state index contributed by atoms with van der Waals surface area (Å²) >= 11 is 0. The van der Waals surface area contributed by atoms with E-state index >= 15 is 0 Å². The number of nitrogens with zero attached hydrogens (tertiary/aromatic N) is 6. The zero-order valence-electron chi connectivity index (χ0n) is 20.9. The quantitative estimate of drug-likeness (QED) is 0.390. The van der Waals surface area contributed by atoms with E-state index in [4.69, 9.17) is 0 Å². The Kier molecular flexibility index (Phi) is 6.63. The lowest BCUT2D eigenvalue weighted by Gasteiger charge is -2.16. The molecule has 1 aromatic carbocycles. The molecule has 1 fully saturated rings. The van der Waals surface area contributed by atoms with Crippen LogP contribution in [-0.4, -0.2) is 55.6 Å². The summed E-state index contributed by atoms with van der Waals surface area (Å²) < 4.78 is 31.6. The molecular formula is C26H30F2N8. The number of pyridine rings is 1. The number of halogens is 2. The molecule has 1 atom stereocenters. The summed E-state index contributed by atoms with van der Waals surface area (Å²) in [4.78, 5) is 19.6. The van der Waals surface area contributed by atoms with Crippen molar-refractivity contribution in [1.82, 2.24) is 34.7 Å². The van der Waals surface area contributed by atoms with E-state index in [-0.39, 0.29) is 23.2 Å². The maximum Gasteiger partial charge on any atom is 0.229 e. The van der Waals surface area contributed by atoms with Crippen molar-refractivity contribution in [1.29, 1.82) is 0 Å². The van der Waals surface area contributed by atoms with Crippen molar-refractivity contribution in [3.63, 3.8) is 0 Å². The Morgan fingerprint density at radius 1 is 1.08 bits per heavy atom. The van der Waals surface area contributed by atoms with E-state index in [2.05, 4.69) is 35.5 Å². The predicted octanol–water partition coefficient (Wildman–Crippen LogP) is 4.59. The molecule has 10 heteroatoms. The number of likely N-dealkylation sites (tertiary alicyclic amines) is 1. The smallest absolute Gasteiger partial charge is 0.229 e. The molecule has 4 heterocycles. The third-order valence-corrected chi connectivity index (χ3v) is 6.61. The first-order chi connectivity index (χ1) is 17.3. The lowest BCUT2D eigenvalue weighted by molar-refractivity contribution is 0.322. The van der Waals surface area contributed by atoms with Crippen molar-refractivity contribution in [3.8, 4) is 11.3 Å². The summed E-state index contributed by atoms with van der Waals surface area (Å²) in [6.45, 7) is 8.73. The first kappa shape index (κ1) is 24.2. The van der Waals surface area contributed by atoms with E-state index in [1.54, 1.807) is 6.07 Å². The minimum atomic E-state index is -0.638. The van der Waals surface area contributed by atoms with Crippen LogP contribution in [0, 0.1) is 18.6 Å². The Morgan fingerprint density at radius 3 is 2.61 bits per heavy atom. The number of nitrogens with one attached hydrogen (secondary N) is 2. The van der Waals surface area contributed by atoms with Crippen molar-refractivity contribution in [2.45, 2.75) is 45.8 Å². The number of aryl methyl sites for hydroxylation is 1. The number of benzene rings is 1. The van der Waals surface area contributed by atoms with Gasteiger partial charge in [-0.1, -0.05) is 6.07 Å². The van der Waals surface area contributed by atoms with Gasteiger partial charge in [0.15, 0.2) is 11.6 Å². The monoisotopic (exact) mass is 492 g/mol. The maximum atomic E-state index is 14.9. The summed E-state index contributed by atoms with van der Waals surface area (Å²) in [6.07, 6.45) is 4.04. The van der Waals surface area contributed by atoms with Crippen molar-refractivity contribution in [2.75, 3.05) is 25.5 Å². The van der Waals surface area contributed by atoms with Crippen LogP contribution in [0.5, 0.6) is 0 Å². The molecule has 188 valence electrons. The van der Waals surface area contributed by atoms with E-state index < -0.39 is 11.6 Å². The molecule has 4 aromatic rings. The zero-order valence-corrected chi connectivity index (χ0v) is 20.9. The third-order valence-electron chi connectivity index (χ3n) is 6.61. The molecule has 0 spiro atoms. The summed E-state index contributed by atoms with van der Waals surface area (Å²) in [5.41, 5.74) is 2.29. The maximum absolute atomic E-state index is 14.9. The lowest BCUT2D eigenvalue weighted by atomic mass is 10.1. The standard InChI is InChI=1S/C26H30F2N8/c1-15(2)36-16(3)32-25-20(27)9-18(10-22(25)36)24-21(28)12-31-26(34-24)33-23-6-5-17(11-30-23)13-35-8-7-19(14-35)29-4/h5-6,9-12,15,19,29H,7-8,13-14H2,1-4H3,(H,30,31,33,34)/t19-/m1/s1.